The number of likely N-dealkylation sites (N-methyl/N-ethyl adjacent to an activating group) is 1. The lowest BCUT2D eigenvalue weighted by molar-refractivity contribution is 0.0128. The molecule has 0 bridgehead atoms. The molecule has 0 radical (unpaired) electrons. The summed E-state index contributed by atoms with van der Waals surface area (Å²) in [6.07, 6.45) is 1.94. The Morgan fingerprint density at radius 3 is 2.76 bits per heavy atom. The quantitative estimate of drug-likeness (QED) is 0.821. The van der Waals surface area contributed by atoms with Gasteiger partial charge in [-0.25, -0.2) is 4.39 Å². The van der Waals surface area contributed by atoms with E-state index in [4.69, 9.17) is 4.74 Å². The monoisotopic (exact) mass is 239 g/mol. The van der Waals surface area contributed by atoms with Crippen LogP contribution in [0.25, 0.3) is 0 Å². The van der Waals surface area contributed by atoms with Crippen LogP contribution in [0.3, 0.4) is 0 Å². The van der Waals surface area contributed by atoms with E-state index in [1.807, 2.05) is 0 Å². The smallest absolute Gasteiger partial charge is 0.125 e. The first-order valence-corrected chi connectivity index (χ1v) is 5.83. The normalized spacial score (nSPS) is 18.8. The number of hydrogen-bond donors (Lipinski definition) is 2. The Kier molecular flexibility index (Phi) is 3.35. The molecule has 1 aromatic rings. The molecule has 1 fully saturated rings. The molecule has 0 aromatic heterocycles. The van der Waals surface area contributed by atoms with Gasteiger partial charge < -0.3 is 15.2 Å². The lowest BCUT2D eigenvalue weighted by Crippen LogP contribution is -2.39. The van der Waals surface area contributed by atoms with Gasteiger partial charge in [0, 0.05) is 12.1 Å². The summed E-state index contributed by atoms with van der Waals surface area (Å²) in [5.74, 6) is 0.373. The Hall–Kier alpha value is -1.13. The molecule has 17 heavy (non-hydrogen) atoms. The number of aliphatic hydroxyl groups is 1. The van der Waals surface area contributed by atoms with Gasteiger partial charge in [-0.1, -0.05) is 0 Å². The van der Waals surface area contributed by atoms with Crippen LogP contribution in [0.15, 0.2) is 18.2 Å². The Balaban J connectivity index is 2.44. The molecule has 1 aliphatic rings. The Labute approximate surface area is 101 Å². The molecule has 2 N–H and O–H groups in total. The van der Waals surface area contributed by atoms with E-state index < -0.39 is 5.60 Å². The summed E-state index contributed by atoms with van der Waals surface area (Å²) in [6.45, 7) is 0.400. The fraction of sp³-hybridized carbons (Fsp3) is 0.538. The number of ether oxygens (including phenoxy) is 1. The summed E-state index contributed by atoms with van der Waals surface area (Å²) in [6, 6.07) is 4.27. The van der Waals surface area contributed by atoms with Crippen LogP contribution in [0.5, 0.6) is 5.75 Å². The highest BCUT2D eigenvalue weighted by atomic mass is 19.1. The second-order valence-corrected chi connectivity index (χ2v) is 4.57. The Morgan fingerprint density at radius 1 is 1.53 bits per heavy atom. The molecule has 4 heteroatoms. The first-order valence-electron chi connectivity index (χ1n) is 5.83. The lowest BCUT2D eigenvalue weighted by atomic mass is 9.88. The van der Waals surface area contributed by atoms with E-state index in [9.17, 15) is 9.50 Å². The zero-order valence-electron chi connectivity index (χ0n) is 10.2. The average molecular weight is 239 g/mol. The zero-order valence-corrected chi connectivity index (χ0v) is 10.2. The van der Waals surface area contributed by atoms with Gasteiger partial charge in [0.25, 0.3) is 0 Å². The number of nitrogens with one attached hydrogen (secondary N) is 1. The van der Waals surface area contributed by atoms with E-state index in [1.165, 1.54) is 19.2 Å². The highest BCUT2D eigenvalue weighted by Gasteiger charge is 2.46. The second kappa shape index (κ2) is 4.63. The summed E-state index contributed by atoms with van der Waals surface area (Å²) in [4.78, 5) is 0. The van der Waals surface area contributed by atoms with Crippen LogP contribution in [0.4, 0.5) is 4.39 Å². The highest BCUT2D eigenvalue weighted by molar-refractivity contribution is 5.40. The van der Waals surface area contributed by atoms with E-state index in [0.717, 1.165) is 12.8 Å². The molecular formula is C13H18FNO2. The largest absolute Gasteiger partial charge is 0.496 e. The molecular weight excluding hydrogens is 221 g/mol. The summed E-state index contributed by atoms with van der Waals surface area (Å²) in [7, 11) is 3.31. The number of rotatable bonds is 5. The minimum Gasteiger partial charge on any atom is -0.496 e. The second-order valence-electron chi connectivity index (χ2n) is 4.57. The van der Waals surface area contributed by atoms with E-state index in [0.29, 0.717) is 17.9 Å². The van der Waals surface area contributed by atoms with Crippen molar-refractivity contribution in [1.82, 2.24) is 5.32 Å². The third-order valence-corrected chi connectivity index (χ3v) is 3.33. The molecule has 1 unspecified atom stereocenters. The molecule has 1 saturated carbocycles. The zero-order chi connectivity index (χ0) is 12.5. The molecule has 2 rings (SSSR count). The molecule has 0 saturated heterocycles. The van der Waals surface area contributed by atoms with Gasteiger partial charge in [0.2, 0.25) is 0 Å². The first-order chi connectivity index (χ1) is 8.11. The average Bonchev–Trinajstić information content (AvgIpc) is 3.13. The number of hydrogen-bond acceptors (Lipinski definition) is 3. The van der Waals surface area contributed by atoms with Crippen molar-refractivity contribution in [1.29, 1.82) is 0 Å². The lowest BCUT2D eigenvalue weighted by Gasteiger charge is -2.30. The molecule has 0 aliphatic heterocycles. The van der Waals surface area contributed by atoms with Crippen molar-refractivity contribution in [2.75, 3.05) is 20.7 Å². The third kappa shape index (κ3) is 2.28. The van der Waals surface area contributed by atoms with Crippen molar-refractivity contribution in [3.63, 3.8) is 0 Å². The summed E-state index contributed by atoms with van der Waals surface area (Å²) in [5, 5.41) is 13.7. The first kappa shape index (κ1) is 12.3. The van der Waals surface area contributed by atoms with Gasteiger partial charge >= 0.3 is 0 Å². The van der Waals surface area contributed by atoms with E-state index in [-0.39, 0.29) is 11.7 Å². The van der Waals surface area contributed by atoms with Gasteiger partial charge in [-0.15, -0.1) is 0 Å². The SMILES string of the molecule is CNCC(O)(c1cc(F)ccc1OC)C1CC1. The number of halogens is 1. The van der Waals surface area contributed by atoms with Gasteiger partial charge in [-0.2, -0.15) is 0 Å². The van der Waals surface area contributed by atoms with Gasteiger partial charge in [0.15, 0.2) is 0 Å². The van der Waals surface area contributed by atoms with Crippen LogP contribution in [-0.2, 0) is 5.60 Å². The maximum atomic E-state index is 13.4. The van der Waals surface area contributed by atoms with Gasteiger partial charge in [-0.05, 0) is 44.0 Å². The van der Waals surface area contributed by atoms with Crippen LogP contribution in [0.2, 0.25) is 0 Å². The standard InChI is InChI=1S/C13H18FNO2/c1-15-8-13(16,9-3-4-9)11-7-10(14)5-6-12(11)17-2/h5-7,9,15-16H,3-4,8H2,1-2H3. The molecule has 0 heterocycles. The Morgan fingerprint density at radius 2 is 2.24 bits per heavy atom. The van der Waals surface area contributed by atoms with Gasteiger partial charge in [-0.3, -0.25) is 0 Å². The molecule has 1 aliphatic carbocycles. The van der Waals surface area contributed by atoms with Crippen LogP contribution in [0.1, 0.15) is 18.4 Å². The molecule has 0 spiro atoms. The van der Waals surface area contributed by atoms with Crippen LogP contribution >= 0.6 is 0 Å². The van der Waals surface area contributed by atoms with Crippen molar-refractivity contribution in [2.24, 2.45) is 5.92 Å². The molecule has 3 nitrogen and oxygen atoms in total. The summed E-state index contributed by atoms with van der Waals surface area (Å²) in [5.41, 5.74) is -0.501. The predicted molar refractivity (Wildman–Crippen MR) is 63.5 cm³/mol. The van der Waals surface area contributed by atoms with Crippen molar-refractivity contribution >= 4 is 0 Å². The van der Waals surface area contributed by atoms with E-state index in [1.54, 1.807) is 13.1 Å². The van der Waals surface area contributed by atoms with E-state index >= 15 is 0 Å². The maximum Gasteiger partial charge on any atom is 0.125 e. The van der Waals surface area contributed by atoms with Crippen LogP contribution in [0, 0.1) is 11.7 Å². The number of methoxy groups -OCH3 is 1. The Bertz CT molecular complexity index is 406. The van der Waals surface area contributed by atoms with Crippen LogP contribution < -0.4 is 10.1 Å². The molecule has 1 atom stereocenters. The van der Waals surface area contributed by atoms with Gasteiger partial charge in [0.05, 0.1) is 7.11 Å². The topological polar surface area (TPSA) is 41.5 Å². The molecule has 0 amide bonds. The maximum absolute atomic E-state index is 13.4. The van der Waals surface area contributed by atoms with E-state index in [2.05, 4.69) is 5.32 Å². The predicted octanol–water partition coefficient (Wildman–Crippen LogP) is 1.65. The fourth-order valence-corrected chi connectivity index (χ4v) is 2.31. The number of benzene rings is 1. The highest BCUT2D eigenvalue weighted by Crippen LogP contribution is 2.47. The third-order valence-electron chi connectivity index (χ3n) is 3.33. The summed E-state index contributed by atoms with van der Waals surface area (Å²) >= 11 is 0. The minimum atomic E-state index is -1.04. The minimum absolute atomic E-state index is 0.186. The molecule has 94 valence electrons. The van der Waals surface area contributed by atoms with Crippen LogP contribution in [-0.4, -0.2) is 25.8 Å². The van der Waals surface area contributed by atoms with Crippen molar-refractivity contribution in [2.45, 2.75) is 18.4 Å². The van der Waals surface area contributed by atoms with Crippen molar-refractivity contribution in [3.05, 3.63) is 29.6 Å². The van der Waals surface area contributed by atoms with Crippen molar-refractivity contribution < 1.29 is 14.2 Å². The fourth-order valence-electron chi connectivity index (χ4n) is 2.31. The summed E-state index contributed by atoms with van der Waals surface area (Å²) < 4.78 is 18.6. The molecule has 1 aromatic carbocycles. The van der Waals surface area contributed by atoms with Crippen molar-refractivity contribution in [3.8, 4) is 5.75 Å². The van der Waals surface area contributed by atoms with Gasteiger partial charge in [0.1, 0.15) is 17.2 Å².